The first-order chi connectivity index (χ1) is 15.3. The van der Waals surface area contributed by atoms with Gasteiger partial charge in [-0.1, -0.05) is 36.0 Å². The van der Waals surface area contributed by atoms with Gasteiger partial charge in [-0.15, -0.1) is 0 Å². The summed E-state index contributed by atoms with van der Waals surface area (Å²) in [5, 5.41) is 8.60. The van der Waals surface area contributed by atoms with Crippen molar-refractivity contribution in [1.29, 1.82) is 0 Å². The standard InChI is InChI=1S/C23H28N4O4S2/c1-15(20(28)26-23(2,3)4)32-22-25-19-8-6-5-7-18(19)21(29)27(22)14-13-16-9-11-17(12-10-16)33(24,30)31/h5-12,15H,13-14H2,1-4H3,(H,26,28)(H2,24,30,31)/t15-/m0/s1. The molecule has 0 radical (unpaired) electrons. The minimum Gasteiger partial charge on any atom is -0.351 e. The number of fused-ring (bicyclic) bond motifs is 1. The second kappa shape index (κ2) is 9.66. The van der Waals surface area contributed by atoms with Crippen LogP contribution >= 0.6 is 11.8 Å². The van der Waals surface area contributed by atoms with Crippen LogP contribution in [0.15, 0.2) is 63.4 Å². The van der Waals surface area contributed by atoms with Gasteiger partial charge in [0.25, 0.3) is 5.56 Å². The summed E-state index contributed by atoms with van der Waals surface area (Å²) < 4.78 is 24.5. The normalized spacial score (nSPS) is 13.1. The molecular formula is C23H28N4O4S2. The Morgan fingerprint density at radius 1 is 1.15 bits per heavy atom. The van der Waals surface area contributed by atoms with E-state index < -0.39 is 15.3 Å². The predicted octanol–water partition coefficient (Wildman–Crippen LogP) is 2.68. The number of nitrogens with zero attached hydrogens (tertiary/aromatic N) is 2. The van der Waals surface area contributed by atoms with Gasteiger partial charge in [-0.2, -0.15) is 0 Å². The first kappa shape index (κ1) is 24.9. The fraction of sp³-hybridized carbons (Fsp3) is 0.348. The zero-order chi connectivity index (χ0) is 24.4. The van der Waals surface area contributed by atoms with Crippen molar-refractivity contribution in [3.05, 3.63) is 64.4 Å². The fourth-order valence-electron chi connectivity index (χ4n) is 3.20. The number of thioether (sulfide) groups is 1. The molecule has 3 aromatic rings. The molecule has 0 spiro atoms. The van der Waals surface area contributed by atoms with Crippen LogP contribution in [0, 0.1) is 0 Å². The molecule has 10 heteroatoms. The van der Waals surface area contributed by atoms with Crippen molar-refractivity contribution in [2.75, 3.05) is 0 Å². The molecule has 1 amide bonds. The van der Waals surface area contributed by atoms with Crippen LogP contribution in [0.3, 0.4) is 0 Å². The molecule has 0 aliphatic carbocycles. The number of sulfonamides is 1. The molecular weight excluding hydrogens is 460 g/mol. The highest BCUT2D eigenvalue weighted by atomic mass is 32.2. The van der Waals surface area contributed by atoms with Crippen molar-refractivity contribution < 1.29 is 13.2 Å². The van der Waals surface area contributed by atoms with Crippen LogP contribution in [0.5, 0.6) is 0 Å². The van der Waals surface area contributed by atoms with Gasteiger partial charge in [0.15, 0.2) is 5.16 Å². The lowest BCUT2D eigenvalue weighted by molar-refractivity contribution is -0.121. The first-order valence-electron chi connectivity index (χ1n) is 10.5. The van der Waals surface area contributed by atoms with Crippen molar-refractivity contribution in [1.82, 2.24) is 14.9 Å². The predicted molar refractivity (Wildman–Crippen MR) is 131 cm³/mol. The molecule has 2 aromatic carbocycles. The minimum absolute atomic E-state index is 0.0331. The SMILES string of the molecule is C[C@H](Sc1nc2ccccc2c(=O)n1CCc1ccc(S(N)(=O)=O)cc1)C(=O)NC(C)(C)C. The van der Waals surface area contributed by atoms with E-state index in [1.807, 2.05) is 26.8 Å². The number of benzene rings is 2. The van der Waals surface area contributed by atoms with Crippen LogP contribution in [-0.4, -0.2) is 34.7 Å². The molecule has 0 bridgehead atoms. The number of carbonyl (C=O) groups excluding carboxylic acids is 1. The Bertz CT molecular complexity index is 1330. The highest BCUT2D eigenvalue weighted by molar-refractivity contribution is 8.00. The Hall–Kier alpha value is -2.69. The van der Waals surface area contributed by atoms with Gasteiger partial charge in [-0.3, -0.25) is 14.2 Å². The molecule has 1 atom stereocenters. The Balaban J connectivity index is 1.91. The van der Waals surface area contributed by atoms with Gasteiger partial charge in [0.2, 0.25) is 15.9 Å². The summed E-state index contributed by atoms with van der Waals surface area (Å²) in [4.78, 5) is 30.6. The van der Waals surface area contributed by atoms with E-state index >= 15 is 0 Å². The molecule has 8 nitrogen and oxygen atoms in total. The molecule has 0 fully saturated rings. The van der Waals surface area contributed by atoms with Gasteiger partial charge >= 0.3 is 0 Å². The maximum atomic E-state index is 13.2. The minimum atomic E-state index is -3.77. The highest BCUT2D eigenvalue weighted by Gasteiger charge is 2.23. The van der Waals surface area contributed by atoms with Crippen molar-refractivity contribution in [2.24, 2.45) is 5.14 Å². The Morgan fingerprint density at radius 2 is 1.79 bits per heavy atom. The monoisotopic (exact) mass is 488 g/mol. The largest absolute Gasteiger partial charge is 0.351 e. The third-order valence-corrected chi connectivity index (χ3v) is 6.87. The van der Waals surface area contributed by atoms with E-state index in [1.54, 1.807) is 41.8 Å². The molecule has 0 aliphatic heterocycles. The number of aromatic nitrogens is 2. The molecule has 3 N–H and O–H groups in total. The zero-order valence-electron chi connectivity index (χ0n) is 19.0. The number of amides is 1. The topological polar surface area (TPSA) is 124 Å². The second-order valence-electron chi connectivity index (χ2n) is 8.81. The molecule has 1 heterocycles. The van der Waals surface area contributed by atoms with E-state index in [0.29, 0.717) is 29.0 Å². The lowest BCUT2D eigenvalue weighted by Gasteiger charge is -2.23. The molecule has 0 saturated heterocycles. The number of hydrogen-bond donors (Lipinski definition) is 2. The molecule has 1 aromatic heterocycles. The third-order valence-electron chi connectivity index (χ3n) is 4.85. The highest BCUT2D eigenvalue weighted by Crippen LogP contribution is 2.23. The van der Waals surface area contributed by atoms with Gasteiger partial charge in [0, 0.05) is 12.1 Å². The number of rotatable bonds is 7. The summed E-state index contributed by atoms with van der Waals surface area (Å²) in [6.45, 7) is 7.83. The molecule has 0 unspecified atom stereocenters. The van der Waals surface area contributed by atoms with Crippen molar-refractivity contribution >= 4 is 38.6 Å². The lowest BCUT2D eigenvalue weighted by Crippen LogP contribution is -2.44. The van der Waals surface area contributed by atoms with E-state index in [-0.39, 0.29) is 21.9 Å². The number of primary sulfonamides is 1. The fourth-order valence-corrected chi connectivity index (χ4v) is 4.65. The smallest absolute Gasteiger partial charge is 0.262 e. The second-order valence-corrected chi connectivity index (χ2v) is 11.7. The van der Waals surface area contributed by atoms with E-state index in [2.05, 4.69) is 10.3 Å². The third kappa shape index (κ3) is 6.43. The average molecular weight is 489 g/mol. The summed E-state index contributed by atoms with van der Waals surface area (Å²) in [6, 6.07) is 13.3. The van der Waals surface area contributed by atoms with Crippen LogP contribution in [0.1, 0.15) is 33.3 Å². The van der Waals surface area contributed by atoms with E-state index in [1.165, 1.54) is 23.9 Å². The van der Waals surface area contributed by atoms with Crippen LogP contribution in [0.25, 0.3) is 10.9 Å². The van der Waals surface area contributed by atoms with E-state index in [0.717, 1.165) is 5.56 Å². The quantitative estimate of drug-likeness (QED) is 0.389. The van der Waals surface area contributed by atoms with Gasteiger partial charge < -0.3 is 5.32 Å². The summed E-state index contributed by atoms with van der Waals surface area (Å²) in [7, 11) is -3.77. The number of aryl methyl sites for hydroxylation is 1. The molecule has 176 valence electrons. The molecule has 0 aliphatic rings. The zero-order valence-corrected chi connectivity index (χ0v) is 20.7. The average Bonchev–Trinajstić information content (AvgIpc) is 2.72. The van der Waals surface area contributed by atoms with Crippen LogP contribution in [0.2, 0.25) is 0 Å². The van der Waals surface area contributed by atoms with Crippen LogP contribution in [0.4, 0.5) is 0 Å². The van der Waals surface area contributed by atoms with Gasteiger partial charge in [0.05, 0.1) is 21.0 Å². The number of carbonyl (C=O) groups is 1. The maximum absolute atomic E-state index is 13.2. The van der Waals surface area contributed by atoms with Crippen molar-refractivity contribution in [3.63, 3.8) is 0 Å². The Kier molecular flexibility index (Phi) is 7.30. The summed E-state index contributed by atoms with van der Waals surface area (Å²) >= 11 is 1.23. The van der Waals surface area contributed by atoms with E-state index in [4.69, 9.17) is 5.14 Å². The van der Waals surface area contributed by atoms with Crippen molar-refractivity contribution in [3.8, 4) is 0 Å². The first-order valence-corrected chi connectivity index (χ1v) is 12.9. The number of para-hydroxylation sites is 1. The summed E-state index contributed by atoms with van der Waals surface area (Å²) in [5.41, 5.74) is 0.859. The Morgan fingerprint density at radius 3 is 2.39 bits per heavy atom. The number of nitrogens with two attached hydrogens (primary N) is 1. The van der Waals surface area contributed by atoms with Crippen LogP contribution < -0.4 is 16.0 Å². The van der Waals surface area contributed by atoms with E-state index in [9.17, 15) is 18.0 Å². The molecule has 0 saturated carbocycles. The number of hydrogen-bond acceptors (Lipinski definition) is 6. The lowest BCUT2D eigenvalue weighted by atomic mass is 10.1. The van der Waals surface area contributed by atoms with Gasteiger partial charge in [-0.05, 0) is 63.9 Å². The summed E-state index contributed by atoms with van der Waals surface area (Å²) in [5.74, 6) is -0.139. The number of nitrogens with one attached hydrogen (secondary N) is 1. The van der Waals surface area contributed by atoms with Gasteiger partial charge in [-0.25, -0.2) is 18.5 Å². The van der Waals surface area contributed by atoms with Crippen LogP contribution in [-0.2, 0) is 27.8 Å². The van der Waals surface area contributed by atoms with Gasteiger partial charge in [0.1, 0.15) is 0 Å². The molecule has 3 rings (SSSR count). The summed E-state index contributed by atoms with van der Waals surface area (Å²) in [6.07, 6.45) is 0.473. The van der Waals surface area contributed by atoms with Crippen molar-refractivity contribution in [2.45, 2.75) is 61.5 Å². The Labute approximate surface area is 197 Å². The maximum Gasteiger partial charge on any atom is 0.262 e. The molecule has 33 heavy (non-hydrogen) atoms.